The molecule has 8 nitrogen and oxygen atoms in total. The van der Waals surface area contributed by atoms with Gasteiger partial charge in [-0.3, -0.25) is 9.69 Å². The Morgan fingerprint density at radius 2 is 1.78 bits per heavy atom. The first kappa shape index (κ1) is 26.7. The summed E-state index contributed by atoms with van der Waals surface area (Å²) in [5.41, 5.74) is 1.37. The molecule has 1 fully saturated rings. The number of hydrogen-bond acceptors (Lipinski definition) is 6. The topological polar surface area (TPSA) is 88.5 Å². The second-order valence-corrected chi connectivity index (χ2v) is 9.58. The molecule has 200 valence electrons. The lowest BCUT2D eigenvalue weighted by atomic mass is 9.90. The predicted octanol–water partition coefficient (Wildman–Crippen LogP) is 5.19. The van der Waals surface area contributed by atoms with Gasteiger partial charge in [0, 0.05) is 25.6 Å². The SMILES string of the molecule is CCCCN(CCCC)C(=O)CN1C[C@H](c2ccc3c(c2)OCO3)[C@H](OC(=O)O)[C@H]1c1cccc(F)c1. The van der Waals surface area contributed by atoms with E-state index in [0.29, 0.717) is 36.7 Å². The van der Waals surface area contributed by atoms with Gasteiger partial charge in [0.2, 0.25) is 12.7 Å². The number of ether oxygens (including phenoxy) is 3. The number of benzene rings is 2. The summed E-state index contributed by atoms with van der Waals surface area (Å²) in [4.78, 5) is 29.1. The highest BCUT2D eigenvalue weighted by atomic mass is 19.1. The lowest BCUT2D eigenvalue weighted by Crippen LogP contribution is -2.42. The Labute approximate surface area is 216 Å². The van der Waals surface area contributed by atoms with Crippen LogP contribution in [-0.4, -0.2) is 66.0 Å². The van der Waals surface area contributed by atoms with E-state index in [2.05, 4.69) is 13.8 Å². The number of fused-ring (bicyclic) bond motifs is 1. The van der Waals surface area contributed by atoms with Crippen molar-refractivity contribution in [3.63, 3.8) is 0 Å². The molecule has 0 saturated carbocycles. The van der Waals surface area contributed by atoms with Gasteiger partial charge in [-0.05, 0) is 48.2 Å². The Morgan fingerprint density at radius 1 is 1.05 bits per heavy atom. The van der Waals surface area contributed by atoms with Gasteiger partial charge in [0.15, 0.2) is 11.5 Å². The summed E-state index contributed by atoms with van der Waals surface area (Å²) in [7, 11) is 0. The Balaban J connectivity index is 1.68. The van der Waals surface area contributed by atoms with E-state index in [1.54, 1.807) is 18.2 Å². The zero-order valence-corrected chi connectivity index (χ0v) is 21.4. The van der Waals surface area contributed by atoms with Crippen LogP contribution < -0.4 is 9.47 Å². The van der Waals surface area contributed by atoms with Crippen LogP contribution in [0.4, 0.5) is 9.18 Å². The summed E-state index contributed by atoms with van der Waals surface area (Å²) in [6.45, 7) is 6.09. The van der Waals surface area contributed by atoms with Crippen molar-refractivity contribution in [3.05, 3.63) is 59.4 Å². The van der Waals surface area contributed by atoms with Gasteiger partial charge in [0.05, 0.1) is 12.6 Å². The number of halogens is 1. The summed E-state index contributed by atoms with van der Waals surface area (Å²) in [5, 5.41) is 9.63. The number of unbranched alkanes of at least 4 members (excludes halogenated alkanes) is 2. The molecular weight excluding hydrogens is 479 g/mol. The third-order valence-electron chi connectivity index (χ3n) is 7.04. The molecule has 1 amide bonds. The Morgan fingerprint density at radius 3 is 2.46 bits per heavy atom. The van der Waals surface area contributed by atoms with Gasteiger partial charge in [-0.15, -0.1) is 0 Å². The van der Waals surface area contributed by atoms with Gasteiger partial charge < -0.3 is 24.2 Å². The summed E-state index contributed by atoms with van der Waals surface area (Å²) in [6, 6.07) is 10.9. The van der Waals surface area contributed by atoms with Crippen LogP contribution in [-0.2, 0) is 9.53 Å². The Hall–Kier alpha value is -3.33. The van der Waals surface area contributed by atoms with Gasteiger partial charge in [0.1, 0.15) is 11.9 Å². The minimum atomic E-state index is -1.42. The van der Waals surface area contributed by atoms with Gasteiger partial charge >= 0.3 is 6.16 Å². The predicted molar refractivity (Wildman–Crippen MR) is 135 cm³/mol. The van der Waals surface area contributed by atoms with Crippen molar-refractivity contribution in [3.8, 4) is 11.5 Å². The quantitative estimate of drug-likeness (QED) is 0.413. The number of carboxylic acid groups (broad SMARTS) is 1. The standard InChI is InChI=1S/C28H35FN2O6/c1-3-5-12-30(13-6-4-2)25(32)17-31-16-22(19-10-11-23-24(15-19)36-18-35-23)27(37-28(33)34)26(31)20-8-7-9-21(29)14-20/h7-11,14-15,22,26-27H,3-6,12-13,16-18H2,1-2H3,(H,33,34)/t22-,26-,27+/m1/s1. The molecule has 4 rings (SSSR count). The van der Waals surface area contributed by atoms with Crippen LogP contribution in [0, 0.1) is 5.82 Å². The number of likely N-dealkylation sites (tertiary alicyclic amines) is 1. The molecule has 0 unspecified atom stereocenters. The fraction of sp³-hybridized carbons (Fsp3) is 0.500. The first-order valence-electron chi connectivity index (χ1n) is 13.0. The van der Waals surface area contributed by atoms with Crippen LogP contribution in [0.2, 0.25) is 0 Å². The number of hydrogen-bond donors (Lipinski definition) is 1. The van der Waals surface area contributed by atoms with Gasteiger partial charge in [-0.2, -0.15) is 0 Å². The second-order valence-electron chi connectivity index (χ2n) is 9.58. The van der Waals surface area contributed by atoms with Crippen molar-refractivity contribution in [1.29, 1.82) is 0 Å². The molecule has 2 aromatic carbocycles. The average Bonchev–Trinajstić information content (AvgIpc) is 3.47. The van der Waals surface area contributed by atoms with Crippen LogP contribution in [0.15, 0.2) is 42.5 Å². The zero-order chi connectivity index (χ0) is 26.4. The highest BCUT2D eigenvalue weighted by molar-refractivity contribution is 5.78. The summed E-state index contributed by atoms with van der Waals surface area (Å²) in [6.07, 6.45) is 1.50. The van der Waals surface area contributed by atoms with Gasteiger partial charge in [-0.25, -0.2) is 9.18 Å². The number of amides is 1. The van der Waals surface area contributed by atoms with Crippen molar-refractivity contribution < 1.29 is 33.3 Å². The molecule has 9 heteroatoms. The zero-order valence-electron chi connectivity index (χ0n) is 21.4. The molecule has 1 saturated heterocycles. The van der Waals surface area contributed by atoms with E-state index in [-0.39, 0.29) is 19.2 Å². The Kier molecular flexibility index (Phi) is 8.87. The molecule has 1 N–H and O–H groups in total. The van der Waals surface area contributed by atoms with Crippen LogP contribution >= 0.6 is 0 Å². The van der Waals surface area contributed by atoms with Crippen molar-refractivity contribution in [2.75, 3.05) is 33.0 Å². The number of carbonyl (C=O) groups excluding carboxylic acids is 1. The lowest BCUT2D eigenvalue weighted by molar-refractivity contribution is -0.133. The maximum absolute atomic E-state index is 14.3. The van der Waals surface area contributed by atoms with Crippen LogP contribution in [0.5, 0.6) is 11.5 Å². The number of carbonyl (C=O) groups is 2. The highest BCUT2D eigenvalue weighted by Crippen LogP contribution is 2.45. The first-order valence-corrected chi connectivity index (χ1v) is 13.0. The molecule has 3 atom stereocenters. The van der Waals surface area contributed by atoms with Crippen molar-refractivity contribution in [2.24, 2.45) is 0 Å². The maximum Gasteiger partial charge on any atom is 0.506 e. The van der Waals surface area contributed by atoms with E-state index in [9.17, 15) is 19.1 Å². The van der Waals surface area contributed by atoms with E-state index in [4.69, 9.17) is 14.2 Å². The number of rotatable bonds is 11. The molecule has 0 spiro atoms. The molecule has 2 aliphatic heterocycles. The molecule has 2 aliphatic rings. The highest BCUT2D eigenvalue weighted by Gasteiger charge is 2.47. The van der Waals surface area contributed by atoms with Crippen LogP contribution in [0.25, 0.3) is 0 Å². The lowest BCUT2D eigenvalue weighted by Gasteiger charge is -2.30. The normalized spacial score (nSPS) is 20.7. The molecule has 2 heterocycles. The van der Waals surface area contributed by atoms with Gasteiger partial charge in [-0.1, -0.05) is 44.9 Å². The third-order valence-corrected chi connectivity index (χ3v) is 7.04. The van der Waals surface area contributed by atoms with Crippen molar-refractivity contribution in [1.82, 2.24) is 9.80 Å². The van der Waals surface area contributed by atoms with E-state index >= 15 is 0 Å². The van der Waals surface area contributed by atoms with Crippen molar-refractivity contribution >= 4 is 12.1 Å². The van der Waals surface area contributed by atoms with Gasteiger partial charge in [0.25, 0.3) is 0 Å². The summed E-state index contributed by atoms with van der Waals surface area (Å²) < 4.78 is 30.7. The second kappa shape index (κ2) is 12.3. The van der Waals surface area contributed by atoms with Crippen LogP contribution in [0.3, 0.4) is 0 Å². The Bertz CT molecular complexity index is 1090. The summed E-state index contributed by atoms with van der Waals surface area (Å²) in [5.74, 6) is 0.342. The maximum atomic E-state index is 14.3. The fourth-order valence-corrected chi connectivity index (χ4v) is 5.19. The fourth-order valence-electron chi connectivity index (χ4n) is 5.19. The molecular formula is C28H35FN2O6. The minimum absolute atomic E-state index is 0.0243. The van der Waals surface area contributed by atoms with E-state index in [1.165, 1.54) is 12.1 Å². The van der Waals surface area contributed by atoms with Crippen LogP contribution in [0.1, 0.15) is 62.6 Å². The molecule has 37 heavy (non-hydrogen) atoms. The molecule has 0 radical (unpaired) electrons. The monoisotopic (exact) mass is 514 g/mol. The third kappa shape index (κ3) is 6.33. The van der Waals surface area contributed by atoms with Crippen molar-refractivity contribution in [2.45, 2.75) is 57.6 Å². The van der Waals surface area contributed by atoms with E-state index < -0.39 is 30.0 Å². The molecule has 0 aromatic heterocycles. The van der Waals surface area contributed by atoms with E-state index in [1.807, 2.05) is 21.9 Å². The minimum Gasteiger partial charge on any atom is -0.454 e. The molecule has 2 aromatic rings. The number of nitrogens with zero attached hydrogens (tertiary/aromatic N) is 2. The summed E-state index contributed by atoms with van der Waals surface area (Å²) >= 11 is 0. The molecule has 0 aliphatic carbocycles. The first-order chi connectivity index (χ1) is 17.9. The largest absolute Gasteiger partial charge is 0.506 e. The average molecular weight is 515 g/mol. The van der Waals surface area contributed by atoms with E-state index in [0.717, 1.165) is 31.2 Å². The smallest absolute Gasteiger partial charge is 0.454 e. The molecule has 0 bridgehead atoms.